The van der Waals surface area contributed by atoms with Crippen LogP contribution in [0.4, 0.5) is 0 Å². The first-order chi connectivity index (χ1) is 10.1. The molecule has 0 aromatic heterocycles. The Morgan fingerprint density at radius 3 is 2.81 bits per heavy atom. The minimum atomic E-state index is -0.403. The zero-order valence-corrected chi connectivity index (χ0v) is 14.2. The van der Waals surface area contributed by atoms with E-state index in [0.717, 1.165) is 36.0 Å². The molecule has 0 unspecified atom stereocenters. The molecule has 1 aliphatic rings. The fourth-order valence-corrected chi connectivity index (χ4v) is 3.24. The van der Waals surface area contributed by atoms with E-state index in [1.165, 1.54) is 0 Å². The Morgan fingerprint density at radius 1 is 1.48 bits per heavy atom. The van der Waals surface area contributed by atoms with Gasteiger partial charge in [-0.3, -0.25) is 4.79 Å². The van der Waals surface area contributed by atoms with E-state index in [9.17, 15) is 4.79 Å². The highest BCUT2D eigenvalue weighted by molar-refractivity contribution is 9.10. The standard InChI is InChI=1S/C16H23BrN2O2/c1-12(13-4-3-5-14(17)10-13)19-15(20)16(11-21-2)6-8-18-9-7-16/h3-5,10,12,18H,6-9,11H2,1-2H3,(H,19,20)/t12-/m1/s1. The van der Waals surface area contributed by atoms with Gasteiger partial charge in [-0.25, -0.2) is 0 Å². The summed E-state index contributed by atoms with van der Waals surface area (Å²) in [5.74, 6) is 0.0957. The van der Waals surface area contributed by atoms with Gasteiger partial charge >= 0.3 is 0 Å². The summed E-state index contributed by atoms with van der Waals surface area (Å²) in [4.78, 5) is 12.7. The maximum Gasteiger partial charge on any atom is 0.229 e. The SMILES string of the molecule is COCC1(C(=O)N[C@H](C)c2cccc(Br)c2)CCNCC1. The van der Waals surface area contributed by atoms with Crippen LogP contribution in [0.5, 0.6) is 0 Å². The van der Waals surface area contributed by atoms with Gasteiger partial charge in [0.15, 0.2) is 0 Å². The molecule has 2 rings (SSSR count). The monoisotopic (exact) mass is 354 g/mol. The Balaban J connectivity index is 2.07. The van der Waals surface area contributed by atoms with E-state index < -0.39 is 5.41 Å². The Hall–Kier alpha value is -0.910. The highest BCUT2D eigenvalue weighted by Gasteiger charge is 2.40. The van der Waals surface area contributed by atoms with Crippen molar-refractivity contribution in [1.29, 1.82) is 0 Å². The Bertz CT molecular complexity index is 481. The number of carbonyl (C=O) groups excluding carboxylic acids is 1. The van der Waals surface area contributed by atoms with E-state index in [1.54, 1.807) is 7.11 Å². The number of nitrogens with one attached hydrogen (secondary N) is 2. The fourth-order valence-electron chi connectivity index (χ4n) is 2.83. The number of carbonyl (C=O) groups is 1. The van der Waals surface area contributed by atoms with Gasteiger partial charge in [-0.2, -0.15) is 0 Å². The van der Waals surface area contributed by atoms with Gasteiger partial charge in [0, 0.05) is 11.6 Å². The summed E-state index contributed by atoms with van der Waals surface area (Å²) in [6, 6.07) is 8.02. The van der Waals surface area contributed by atoms with E-state index >= 15 is 0 Å². The van der Waals surface area contributed by atoms with Crippen LogP contribution in [0.15, 0.2) is 28.7 Å². The van der Waals surface area contributed by atoms with Gasteiger partial charge in [-0.05, 0) is 50.6 Å². The minimum Gasteiger partial charge on any atom is -0.384 e. The molecule has 1 amide bonds. The summed E-state index contributed by atoms with van der Waals surface area (Å²) in [6.45, 7) is 4.22. The van der Waals surface area contributed by atoms with Crippen molar-refractivity contribution in [2.45, 2.75) is 25.8 Å². The lowest BCUT2D eigenvalue weighted by Crippen LogP contribution is -2.50. The molecule has 1 aromatic carbocycles. The summed E-state index contributed by atoms with van der Waals surface area (Å²) < 4.78 is 6.34. The maximum atomic E-state index is 12.7. The number of amides is 1. The Kier molecular flexibility index (Phi) is 5.79. The van der Waals surface area contributed by atoms with E-state index in [2.05, 4.69) is 26.6 Å². The summed E-state index contributed by atoms with van der Waals surface area (Å²) >= 11 is 3.47. The smallest absolute Gasteiger partial charge is 0.229 e. The van der Waals surface area contributed by atoms with E-state index in [4.69, 9.17) is 4.74 Å². The minimum absolute atomic E-state index is 0.0152. The van der Waals surface area contributed by atoms with E-state index in [0.29, 0.717) is 6.61 Å². The second-order valence-electron chi connectivity index (χ2n) is 5.71. The van der Waals surface area contributed by atoms with Gasteiger partial charge in [0.25, 0.3) is 0 Å². The average Bonchev–Trinajstić information content (AvgIpc) is 2.48. The fraction of sp³-hybridized carbons (Fsp3) is 0.562. The van der Waals surface area contributed by atoms with E-state index in [-0.39, 0.29) is 11.9 Å². The molecule has 116 valence electrons. The third-order valence-electron chi connectivity index (χ3n) is 4.16. The molecule has 0 aliphatic carbocycles. The second-order valence-corrected chi connectivity index (χ2v) is 6.63. The van der Waals surface area contributed by atoms with Crippen LogP contribution in [0.3, 0.4) is 0 Å². The van der Waals surface area contributed by atoms with Gasteiger partial charge in [-0.1, -0.05) is 28.1 Å². The Morgan fingerprint density at radius 2 is 2.19 bits per heavy atom. The molecule has 0 bridgehead atoms. The molecule has 2 N–H and O–H groups in total. The lowest BCUT2D eigenvalue weighted by Gasteiger charge is -2.36. The average molecular weight is 355 g/mol. The molecule has 0 spiro atoms. The molecule has 5 heteroatoms. The molecule has 4 nitrogen and oxygen atoms in total. The van der Waals surface area contributed by atoms with Crippen molar-refractivity contribution < 1.29 is 9.53 Å². The van der Waals surface area contributed by atoms with Crippen LogP contribution < -0.4 is 10.6 Å². The lowest BCUT2D eigenvalue weighted by atomic mass is 9.78. The second kappa shape index (κ2) is 7.38. The van der Waals surface area contributed by atoms with Crippen LogP contribution in [-0.2, 0) is 9.53 Å². The van der Waals surface area contributed by atoms with Crippen LogP contribution >= 0.6 is 15.9 Å². The topological polar surface area (TPSA) is 50.4 Å². The van der Waals surface area contributed by atoms with Crippen molar-refractivity contribution >= 4 is 21.8 Å². The molecule has 1 saturated heterocycles. The Labute approximate surface area is 134 Å². The third-order valence-corrected chi connectivity index (χ3v) is 4.65. The van der Waals surface area contributed by atoms with Gasteiger partial charge in [0.2, 0.25) is 5.91 Å². The molecule has 0 saturated carbocycles. The van der Waals surface area contributed by atoms with E-state index in [1.807, 2.05) is 31.2 Å². The third kappa shape index (κ3) is 4.05. The van der Waals surface area contributed by atoms with Crippen molar-refractivity contribution in [2.75, 3.05) is 26.8 Å². The zero-order valence-electron chi connectivity index (χ0n) is 12.6. The van der Waals surface area contributed by atoms with Crippen LogP contribution in [0.2, 0.25) is 0 Å². The number of hydrogen-bond acceptors (Lipinski definition) is 3. The first-order valence-corrected chi connectivity index (χ1v) is 8.13. The highest BCUT2D eigenvalue weighted by atomic mass is 79.9. The predicted octanol–water partition coefficient (Wildman–Crippen LogP) is 2.64. The molecule has 21 heavy (non-hydrogen) atoms. The molecule has 0 radical (unpaired) electrons. The predicted molar refractivity (Wildman–Crippen MR) is 87.1 cm³/mol. The lowest BCUT2D eigenvalue weighted by molar-refractivity contribution is -0.136. The van der Waals surface area contributed by atoms with Crippen molar-refractivity contribution in [3.63, 3.8) is 0 Å². The van der Waals surface area contributed by atoms with Crippen LogP contribution in [0.25, 0.3) is 0 Å². The maximum absolute atomic E-state index is 12.7. The summed E-state index contributed by atoms with van der Waals surface area (Å²) in [5.41, 5.74) is 0.694. The molecule has 1 heterocycles. The quantitative estimate of drug-likeness (QED) is 0.854. The number of piperidine rings is 1. The van der Waals surface area contributed by atoms with Gasteiger partial charge < -0.3 is 15.4 Å². The molecule has 1 fully saturated rings. The van der Waals surface area contributed by atoms with Crippen LogP contribution in [-0.4, -0.2) is 32.7 Å². The molecular weight excluding hydrogens is 332 g/mol. The van der Waals surface area contributed by atoms with Crippen LogP contribution in [0, 0.1) is 5.41 Å². The summed E-state index contributed by atoms with van der Waals surface area (Å²) in [6.07, 6.45) is 1.63. The molecule has 1 aliphatic heterocycles. The van der Waals surface area contributed by atoms with Crippen LogP contribution in [0.1, 0.15) is 31.4 Å². The number of methoxy groups -OCH3 is 1. The summed E-state index contributed by atoms with van der Waals surface area (Å²) in [7, 11) is 1.66. The number of hydrogen-bond donors (Lipinski definition) is 2. The number of benzene rings is 1. The normalized spacial score (nSPS) is 19.0. The van der Waals surface area contributed by atoms with Gasteiger partial charge in [-0.15, -0.1) is 0 Å². The molecule has 1 atom stereocenters. The van der Waals surface area contributed by atoms with Crippen molar-refractivity contribution in [2.24, 2.45) is 5.41 Å². The number of halogens is 1. The van der Waals surface area contributed by atoms with Gasteiger partial charge in [0.1, 0.15) is 0 Å². The van der Waals surface area contributed by atoms with Crippen molar-refractivity contribution in [3.8, 4) is 0 Å². The van der Waals surface area contributed by atoms with Crippen molar-refractivity contribution in [1.82, 2.24) is 10.6 Å². The van der Waals surface area contributed by atoms with Gasteiger partial charge in [0.05, 0.1) is 18.1 Å². The zero-order chi connectivity index (χ0) is 15.3. The summed E-state index contributed by atoms with van der Waals surface area (Å²) in [5, 5.41) is 6.45. The van der Waals surface area contributed by atoms with Crippen molar-refractivity contribution in [3.05, 3.63) is 34.3 Å². The number of rotatable bonds is 5. The first-order valence-electron chi connectivity index (χ1n) is 7.33. The largest absolute Gasteiger partial charge is 0.384 e. The number of ether oxygens (including phenoxy) is 1. The highest BCUT2D eigenvalue weighted by Crippen LogP contribution is 2.30. The molecular formula is C16H23BrN2O2. The first kappa shape index (κ1) is 16.5. The molecule has 1 aromatic rings.